The van der Waals surface area contributed by atoms with Gasteiger partial charge in [-0.2, -0.15) is 5.26 Å². The number of ether oxygens (including phenoxy) is 1. The minimum absolute atomic E-state index is 0.0639. The van der Waals surface area contributed by atoms with E-state index in [-0.39, 0.29) is 12.5 Å². The van der Waals surface area contributed by atoms with Crippen LogP contribution in [0.2, 0.25) is 0 Å². The predicted octanol–water partition coefficient (Wildman–Crippen LogP) is 4.24. The van der Waals surface area contributed by atoms with E-state index in [2.05, 4.69) is 10.6 Å². The van der Waals surface area contributed by atoms with Gasteiger partial charge in [0.15, 0.2) is 0 Å². The van der Waals surface area contributed by atoms with E-state index in [1.807, 2.05) is 59.7 Å². The molecule has 188 valence electrons. The lowest BCUT2D eigenvalue weighted by Gasteiger charge is -2.35. The molecule has 0 aromatic heterocycles. The molecule has 1 aromatic rings. The third-order valence-corrected chi connectivity index (χ3v) is 4.67. The molecule has 0 aliphatic carbocycles. The highest BCUT2D eigenvalue weighted by Gasteiger charge is 2.37. The van der Waals surface area contributed by atoms with Crippen LogP contribution in [0.25, 0.3) is 0 Å². The van der Waals surface area contributed by atoms with Gasteiger partial charge in [0, 0.05) is 5.54 Å². The van der Waals surface area contributed by atoms with E-state index in [1.165, 1.54) is 4.90 Å². The lowest BCUT2D eigenvalue weighted by molar-refractivity contribution is -0.142. The molecule has 0 saturated heterocycles. The maximum Gasteiger partial charge on any atom is 0.408 e. The fourth-order valence-electron chi connectivity index (χ4n) is 3.38. The number of benzene rings is 1. The van der Waals surface area contributed by atoms with Gasteiger partial charge in [-0.25, -0.2) is 4.79 Å². The minimum Gasteiger partial charge on any atom is -0.444 e. The van der Waals surface area contributed by atoms with Crippen LogP contribution in [0.15, 0.2) is 24.3 Å². The summed E-state index contributed by atoms with van der Waals surface area (Å²) in [5.41, 5.74) is 0.296. The van der Waals surface area contributed by atoms with Crippen molar-refractivity contribution in [3.8, 4) is 6.07 Å². The van der Waals surface area contributed by atoms with Crippen molar-refractivity contribution in [2.75, 3.05) is 6.54 Å². The smallest absolute Gasteiger partial charge is 0.408 e. The molecular weight excluding hydrogens is 432 g/mol. The van der Waals surface area contributed by atoms with Crippen molar-refractivity contribution in [2.45, 2.75) is 92.0 Å². The van der Waals surface area contributed by atoms with Gasteiger partial charge in [-0.05, 0) is 66.4 Å². The van der Waals surface area contributed by atoms with Gasteiger partial charge in [-0.3, -0.25) is 9.59 Å². The molecule has 0 aliphatic heterocycles. The number of alkyl carbamates (subject to hydrolysis) is 1. The average Bonchev–Trinajstić information content (AvgIpc) is 2.64. The summed E-state index contributed by atoms with van der Waals surface area (Å²) in [4.78, 5) is 40.9. The lowest BCUT2D eigenvalue weighted by Crippen LogP contribution is -2.55. The van der Waals surface area contributed by atoms with Crippen molar-refractivity contribution in [3.63, 3.8) is 0 Å². The molecule has 2 N–H and O–H groups in total. The second kappa shape index (κ2) is 11.9. The summed E-state index contributed by atoms with van der Waals surface area (Å²) in [6.45, 7) is 16.2. The number of rotatable bonds is 8. The molecule has 8 nitrogen and oxygen atoms in total. The summed E-state index contributed by atoms with van der Waals surface area (Å²) in [6.07, 6.45) is -0.406. The van der Waals surface area contributed by atoms with Gasteiger partial charge in [-0.1, -0.05) is 43.7 Å². The number of nitrogens with zero attached hydrogens (tertiary/aromatic N) is 2. The zero-order valence-electron chi connectivity index (χ0n) is 22.0. The molecule has 0 aliphatic rings. The van der Waals surface area contributed by atoms with Crippen LogP contribution in [0.3, 0.4) is 0 Å². The first-order valence-electron chi connectivity index (χ1n) is 11.6. The number of carbonyl (C=O) groups excluding carboxylic acids is 3. The summed E-state index contributed by atoms with van der Waals surface area (Å²) in [5.74, 6) is -0.856. The number of aryl methyl sites for hydroxylation is 1. The summed E-state index contributed by atoms with van der Waals surface area (Å²) in [5, 5.41) is 15.1. The summed E-state index contributed by atoms with van der Waals surface area (Å²) < 4.78 is 5.35. The molecule has 2 atom stereocenters. The molecule has 0 heterocycles. The van der Waals surface area contributed by atoms with Gasteiger partial charge in [0.1, 0.15) is 24.2 Å². The van der Waals surface area contributed by atoms with Gasteiger partial charge in [0.05, 0.1) is 6.07 Å². The minimum atomic E-state index is -1.04. The van der Waals surface area contributed by atoms with Crippen molar-refractivity contribution in [1.82, 2.24) is 15.5 Å². The van der Waals surface area contributed by atoms with Gasteiger partial charge in [0.2, 0.25) is 11.8 Å². The highest BCUT2D eigenvalue weighted by Crippen LogP contribution is 2.25. The van der Waals surface area contributed by atoms with Crippen LogP contribution >= 0.6 is 0 Å². The van der Waals surface area contributed by atoms with Gasteiger partial charge in [0.25, 0.3) is 0 Å². The monoisotopic (exact) mass is 472 g/mol. The summed E-state index contributed by atoms with van der Waals surface area (Å²) in [6, 6.07) is 7.27. The molecule has 1 aromatic carbocycles. The van der Waals surface area contributed by atoms with Crippen LogP contribution in [0, 0.1) is 24.2 Å². The molecular formula is C26H40N4O4. The zero-order chi connectivity index (χ0) is 26.3. The Bertz CT molecular complexity index is 889. The molecule has 8 heteroatoms. The Balaban J connectivity index is 3.45. The van der Waals surface area contributed by atoms with Crippen LogP contribution in [0.1, 0.15) is 79.0 Å². The van der Waals surface area contributed by atoms with Crippen molar-refractivity contribution >= 4 is 17.9 Å². The molecule has 0 radical (unpaired) electrons. The molecule has 0 bridgehead atoms. The lowest BCUT2D eigenvalue weighted by atomic mass is 9.98. The van der Waals surface area contributed by atoms with Crippen LogP contribution in [0.5, 0.6) is 0 Å². The number of nitriles is 1. The van der Waals surface area contributed by atoms with Gasteiger partial charge in [-0.15, -0.1) is 0 Å². The summed E-state index contributed by atoms with van der Waals surface area (Å²) >= 11 is 0. The first kappa shape index (κ1) is 29.0. The van der Waals surface area contributed by atoms with E-state index in [0.29, 0.717) is 12.0 Å². The number of hydrogen-bond donors (Lipinski definition) is 2. The number of hydrogen-bond acceptors (Lipinski definition) is 5. The summed E-state index contributed by atoms with van der Waals surface area (Å²) in [7, 11) is 0. The number of nitrogens with one attached hydrogen (secondary N) is 2. The van der Waals surface area contributed by atoms with Crippen LogP contribution in [-0.4, -0.2) is 46.5 Å². The normalized spacial score (nSPS) is 13.4. The van der Waals surface area contributed by atoms with E-state index in [4.69, 9.17) is 4.74 Å². The van der Waals surface area contributed by atoms with Crippen molar-refractivity contribution in [1.29, 1.82) is 5.26 Å². The Morgan fingerprint density at radius 3 is 2.06 bits per heavy atom. The molecule has 0 fully saturated rings. The number of carbonyl (C=O) groups is 3. The highest BCUT2D eigenvalue weighted by molar-refractivity contribution is 5.92. The van der Waals surface area contributed by atoms with Crippen molar-refractivity contribution in [3.05, 3.63) is 35.4 Å². The first-order valence-corrected chi connectivity index (χ1v) is 11.6. The third kappa shape index (κ3) is 9.82. The Morgan fingerprint density at radius 2 is 1.62 bits per heavy atom. The van der Waals surface area contributed by atoms with Crippen LogP contribution in [0.4, 0.5) is 4.79 Å². The van der Waals surface area contributed by atoms with Crippen molar-refractivity contribution < 1.29 is 19.1 Å². The van der Waals surface area contributed by atoms with E-state index >= 15 is 0 Å². The van der Waals surface area contributed by atoms with E-state index in [0.717, 1.165) is 5.56 Å². The fraction of sp³-hybridized carbons (Fsp3) is 0.615. The molecule has 0 spiro atoms. The zero-order valence-corrected chi connectivity index (χ0v) is 22.0. The molecule has 2 unspecified atom stereocenters. The first-order chi connectivity index (χ1) is 15.5. The largest absolute Gasteiger partial charge is 0.444 e. The topological polar surface area (TPSA) is 112 Å². The van der Waals surface area contributed by atoms with E-state index < -0.39 is 41.1 Å². The standard InChI is InChI=1S/C26H40N4O4/c1-17(2)16-20(28-24(33)34-26(7,8)9)23(32)30(15-14-27)21(22(31)29-25(4,5)6)19-12-10-18(3)11-13-19/h10-13,17,20-21H,15-16H2,1-9H3,(H,28,33)(H,29,31). The van der Waals surface area contributed by atoms with Crippen LogP contribution < -0.4 is 10.6 Å². The Labute approximate surface area is 204 Å². The molecule has 0 saturated carbocycles. The highest BCUT2D eigenvalue weighted by atomic mass is 16.6. The van der Waals surface area contributed by atoms with Gasteiger partial charge < -0.3 is 20.3 Å². The third-order valence-electron chi connectivity index (χ3n) is 4.67. The maximum atomic E-state index is 13.7. The number of amides is 3. The van der Waals surface area contributed by atoms with E-state index in [1.54, 1.807) is 32.9 Å². The average molecular weight is 473 g/mol. The van der Waals surface area contributed by atoms with Gasteiger partial charge >= 0.3 is 6.09 Å². The SMILES string of the molecule is Cc1ccc(C(C(=O)NC(C)(C)C)N(CC#N)C(=O)C(CC(C)C)NC(=O)OC(C)(C)C)cc1. The predicted molar refractivity (Wildman–Crippen MR) is 132 cm³/mol. The van der Waals surface area contributed by atoms with E-state index in [9.17, 15) is 19.6 Å². The second-order valence-electron chi connectivity index (χ2n) is 11.0. The Kier molecular flexibility index (Phi) is 10.1. The van der Waals surface area contributed by atoms with Crippen LogP contribution in [-0.2, 0) is 14.3 Å². The Morgan fingerprint density at radius 1 is 1.06 bits per heavy atom. The molecule has 3 amide bonds. The van der Waals surface area contributed by atoms with Crippen molar-refractivity contribution in [2.24, 2.45) is 5.92 Å². The second-order valence-corrected chi connectivity index (χ2v) is 11.0. The molecule has 34 heavy (non-hydrogen) atoms. The fourth-order valence-corrected chi connectivity index (χ4v) is 3.38. The maximum absolute atomic E-state index is 13.7. The quantitative estimate of drug-likeness (QED) is 0.550. The molecule has 1 rings (SSSR count). The Hall–Kier alpha value is -3.08.